The van der Waals surface area contributed by atoms with Crippen LogP contribution in [-0.4, -0.2) is 28.7 Å². The van der Waals surface area contributed by atoms with E-state index in [-0.39, 0.29) is 23.9 Å². The third-order valence-corrected chi connectivity index (χ3v) is 4.17. The van der Waals surface area contributed by atoms with Crippen molar-refractivity contribution in [2.45, 2.75) is 13.0 Å². The van der Waals surface area contributed by atoms with Gasteiger partial charge in [-0.1, -0.05) is 42.5 Å². The summed E-state index contributed by atoms with van der Waals surface area (Å²) in [5, 5.41) is 9.79. The molecule has 0 saturated heterocycles. The van der Waals surface area contributed by atoms with Gasteiger partial charge in [-0.3, -0.25) is 14.3 Å². The highest BCUT2D eigenvalue weighted by Gasteiger charge is 2.14. The number of aryl methyl sites for hydroxylation is 1. The summed E-state index contributed by atoms with van der Waals surface area (Å²) in [6.45, 7) is 0.350. The highest BCUT2D eigenvalue weighted by Crippen LogP contribution is 2.13. The van der Waals surface area contributed by atoms with Gasteiger partial charge in [0.25, 0.3) is 5.91 Å². The standard InChI is InChI=1S/C21H22N4O3/c1-25-19(23-20(26)12-15-7-4-3-5-8-15)13-18(24-25)21(27)22-14-16-9-6-10-17(11-16)28-2/h3-11,13H,12,14H2,1-2H3,(H,22,27)(H,23,26). The molecule has 2 aromatic carbocycles. The predicted molar refractivity (Wildman–Crippen MR) is 106 cm³/mol. The quantitative estimate of drug-likeness (QED) is 0.662. The Morgan fingerprint density at radius 1 is 1.04 bits per heavy atom. The van der Waals surface area contributed by atoms with E-state index in [9.17, 15) is 9.59 Å². The second-order valence-corrected chi connectivity index (χ2v) is 6.28. The number of amides is 2. The number of carbonyl (C=O) groups is 2. The first kappa shape index (κ1) is 19.2. The normalized spacial score (nSPS) is 10.4. The summed E-state index contributed by atoms with van der Waals surface area (Å²) < 4.78 is 6.65. The van der Waals surface area contributed by atoms with Crippen molar-refractivity contribution in [1.82, 2.24) is 15.1 Å². The van der Waals surface area contributed by atoms with E-state index >= 15 is 0 Å². The number of anilines is 1. The van der Waals surface area contributed by atoms with Gasteiger partial charge >= 0.3 is 0 Å². The number of nitrogens with one attached hydrogen (secondary N) is 2. The lowest BCUT2D eigenvalue weighted by Crippen LogP contribution is -2.23. The molecule has 0 radical (unpaired) electrons. The molecule has 0 saturated carbocycles. The first-order chi connectivity index (χ1) is 13.5. The molecule has 0 aliphatic carbocycles. The molecular weight excluding hydrogens is 356 g/mol. The third kappa shape index (κ3) is 4.97. The fraction of sp³-hybridized carbons (Fsp3) is 0.190. The minimum absolute atomic E-state index is 0.169. The lowest BCUT2D eigenvalue weighted by molar-refractivity contribution is -0.115. The van der Waals surface area contributed by atoms with E-state index in [0.717, 1.165) is 16.9 Å². The molecule has 7 nitrogen and oxygen atoms in total. The van der Waals surface area contributed by atoms with Crippen molar-refractivity contribution in [2.24, 2.45) is 7.05 Å². The number of rotatable bonds is 7. The number of hydrogen-bond donors (Lipinski definition) is 2. The average molecular weight is 378 g/mol. The predicted octanol–water partition coefficient (Wildman–Crippen LogP) is 2.54. The summed E-state index contributed by atoms with van der Waals surface area (Å²) in [5.74, 6) is 0.708. The van der Waals surface area contributed by atoms with Crippen molar-refractivity contribution >= 4 is 17.6 Å². The van der Waals surface area contributed by atoms with Crippen LogP contribution in [0.1, 0.15) is 21.6 Å². The zero-order chi connectivity index (χ0) is 19.9. The van der Waals surface area contributed by atoms with Crippen LogP contribution >= 0.6 is 0 Å². The maximum absolute atomic E-state index is 12.4. The maximum atomic E-state index is 12.4. The van der Waals surface area contributed by atoms with Gasteiger partial charge in [-0.05, 0) is 23.3 Å². The molecule has 0 spiro atoms. The molecule has 0 unspecified atom stereocenters. The molecule has 0 aliphatic heterocycles. The van der Waals surface area contributed by atoms with Crippen LogP contribution in [0.5, 0.6) is 5.75 Å². The van der Waals surface area contributed by atoms with Gasteiger partial charge in [0.1, 0.15) is 11.6 Å². The molecule has 2 N–H and O–H groups in total. The van der Waals surface area contributed by atoms with Crippen LogP contribution < -0.4 is 15.4 Å². The van der Waals surface area contributed by atoms with E-state index < -0.39 is 0 Å². The zero-order valence-corrected chi connectivity index (χ0v) is 15.8. The summed E-state index contributed by atoms with van der Waals surface area (Å²) in [7, 11) is 3.27. The second kappa shape index (κ2) is 8.85. The number of hydrogen-bond acceptors (Lipinski definition) is 4. The first-order valence-corrected chi connectivity index (χ1v) is 8.84. The average Bonchev–Trinajstić information content (AvgIpc) is 3.07. The largest absolute Gasteiger partial charge is 0.497 e. The Morgan fingerprint density at radius 3 is 2.54 bits per heavy atom. The number of aromatic nitrogens is 2. The molecule has 0 aliphatic rings. The minimum atomic E-state index is -0.318. The van der Waals surface area contributed by atoms with Gasteiger partial charge in [-0.25, -0.2) is 0 Å². The number of carbonyl (C=O) groups excluding carboxylic acids is 2. The summed E-state index contributed by atoms with van der Waals surface area (Å²) in [6, 6.07) is 18.5. The lowest BCUT2D eigenvalue weighted by Gasteiger charge is -2.05. The second-order valence-electron chi connectivity index (χ2n) is 6.28. The van der Waals surface area contributed by atoms with Crippen LogP contribution in [-0.2, 0) is 24.8 Å². The fourth-order valence-electron chi connectivity index (χ4n) is 2.72. The Morgan fingerprint density at radius 2 is 1.79 bits per heavy atom. The summed E-state index contributed by atoms with van der Waals surface area (Å²) >= 11 is 0. The number of ether oxygens (including phenoxy) is 1. The Kier molecular flexibility index (Phi) is 6.06. The summed E-state index contributed by atoms with van der Waals surface area (Å²) in [4.78, 5) is 24.6. The molecule has 1 heterocycles. The van der Waals surface area contributed by atoms with Gasteiger partial charge in [-0.15, -0.1) is 0 Å². The molecule has 144 valence electrons. The van der Waals surface area contributed by atoms with Crippen molar-refractivity contribution in [3.8, 4) is 5.75 Å². The van der Waals surface area contributed by atoms with Gasteiger partial charge in [-0.2, -0.15) is 5.10 Å². The molecule has 28 heavy (non-hydrogen) atoms. The Bertz CT molecular complexity index is 967. The minimum Gasteiger partial charge on any atom is -0.497 e. The number of methoxy groups -OCH3 is 1. The van der Waals surface area contributed by atoms with Gasteiger partial charge in [0.05, 0.1) is 13.5 Å². The number of nitrogens with zero attached hydrogens (tertiary/aromatic N) is 2. The summed E-state index contributed by atoms with van der Waals surface area (Å²) in [6.07, 6.45) is 0.253. The molecule has 0 atom stereocenters. The van der Waals surface area contributed by atoms with Crippen LogP contribution in [0.25, 0.3) is 0 Å². The highest BCUT2D eigenvalue weighted by atomic mass is 16.5. The van der Waals surface area contributed by atoms with Gasteiger partial charge in [0.15, 0.2) is 5.69 Å². The molecule has 7 heteroatoms. The van der Waals surface area contributed by atoms with E-state index in [2.05, 4.69) is 15.7 Å². The third-order valence-electron chi connectivity index (χ3n) is 4.17. The first-order valence-electron chi connectivity index (χ1n) is 8.84. The zero-order valence-electron chi connectivity index (χ0n) is 15.8. The van der Waals surface area contributed by atoms with Gasteiger partial charge in [0.2, 0.25) is 5.91 Å². The Balaban J connectivity index is 1.59. The smallest absolute Gasteiger partial charge is 0.272 e. The molecule has 3 aromatic rings. The molecule has 0 fully saturated rings. The van der Waals surface area contributed by atoms with E-state index in [1.54, 1.807) is 20.2 Å². The van der Waals surface area contributed by atoms with Crippen LogP contribution in [0.15, 0.2) is 60.7 Å². The van der Waals surface area contributed by atoms with Crippen molar-refractivity contribution in [1.29, 1.82) is 0 Å². The van der Waals surface area contributed by atoms with E-state index in [1.165, 1.54) is 4.68 Å². The van der Waals surface area contributed by atoms with Crippen LogP contribution in [0.3, 0.4) is 0 Å². The topological polar surface area (TPSA) is 85.3 Å². The molecular formula is C21H22N4O3. The van der Waals surface area contributed by atoms with Crippen molar-refractivity contribution in [3.63, 3.8) is 0 Å². The molecule has 1 aromatic heterocycles. The van der Waals surface area contributed by atoms with Gasteiger partial charge < -0.3 is 15.4 Å². The molecule has 3 rings (SSSR count). The molecule has 0 bridgehead atoms. The SMILES string of the molecule is COc1cccc(CNC(=O)c2cc(NC(=O)Cc3ccccc3)n(C)n2)c1. The van der Waals surface area contributed by atoms with Crippen molar-refractivity contribution in [3.05, 3.63) is 77.5 Å². The van der Waals surface area contributed by atoms with E-state index in [1.807, 2.05) is 54.6 Å². The number of benzene rings is 2. The monoisotopic (exact) mass is 378 g/mol. The van der Waals surface area contributed by atoms with Crippen LogP contribution in [0.4, 0.5) is 5.82 Å². The van der Waals surface area contributed by atoms with Crippen LogP contribution in [0, 0.1) is 0 Å². The van der Waals surface area contributed by atoms with E-state index in [0.29, 0.717) is 12.4 Å². The van der Waals surface area contributed by atoms with Crippen molar-refractivity contribution in [2.75, 3.05) is 12.4 Å². The summed E-state index contributed by atoms with van der Waals surface area (Å²) in [5.41, 5.74) is 2.07. The Hall–Kier alpha value is -3.61. The van der Waals surface area contributed by atoms with Crippen LogP contribution in [0.2, 0.25) is 0 Å². The highest BCUT2D eigenvalue weighted by molar-refractivity contribution is 5.95. The lowest BCUT2D eigenvalue weighted by atomic mass is 10.1. The Labute approximate surface area is 163 Å². The molecule has 2 amide bonds. The van der Waals surface area contributed by atoms with Crippen molar-refractivity contribution < 1.29 is 14.3 Å². The maximum Gasteiger partial charge on any atom is 0.272 e. The fourth-order valence-corrected chi connectivity index (χ4v) is 2.72. The van der Waals surface area contributed by atoms with E-state index in [4.69, 9.17) is 4.74 Å². The van der Waals surface area contributed by atoms with Gasteiger partial charge in [0, 0.05) is 19.7 Å².